The number of amidine groups is 1. The van der Waals surface area contributed by atoms with E-state index in [1.807, 2.05) is 0 Å². The van der Waals surface area contributed by atoms with Crippen molar-refractivity contribution in [2.24, 2.45) is 11.7 Å². The van der Waals surface area contributed by atoms with E-state index >= 15 is 0 Å². The van der Waals surface area contributed by atoms with Crippen molar-refractivity contribution in [1.82, 2.24) is 19.9 Å². The van der Waals surface area contributed by atoms with Gasteiger partial charge in [-0.3, -0.25) is 15.0 Å². The van der Waals surface area contributed by atoms with Gasteiger partial charge in [-0.2, -0.15) is 4.72 Å². The molecule has 12 heteroatoms. The van der Waals surface area contributed by atoms with E-state index in [-0.39, 0.29) is 29.0 Å². The van der Waals surface area contributed by atoms with Gasteiger partial charge in [-0.1, -0.05) is 30.3 Å². The summed E-state index contributed by atoms with van der Waals surface area (Å²) in [6, 6.07) is 15.7. The molecule has 2 heterocycles. The summed E-state index contributed by atoms with van der Waals surface area (Å²) in [7, 11) is -2.48. The highest BCUT2D eigenvalue weighted by Gasteiger charge is 2.32. The lowest BCUT2D eigenvalue weighted by Crippen LogP contribution is -2.51. The zero-order valence-corrected chi connectivity index (χ0v) is 25.1. The van der Waals surface area contributed by atoms with Crippen molar-refractivity contribution in [3.8, 4) is 11.1 Å². The Bertz CT molecular complexity index is 1550. The first-order valence-corrected chi connectivity index (χ1v) is 15.8. The van der Waals surface area contributed by atoms with Crippen LogP contribution in [0.25, 0.3) is 11.1 Å². The van der Waals surface area contributed by atoms with Crippen LogP contribution in [0.4, 0.5) is 5.82 Å². The topological polar surface area (TPSA) is 184 Å². The molecule has 0 radical (unpaired) electrons. The van der Waals surface area contributed by atoms with E-state index in [0.717, 1.165) is 25.7 Å². The number of benzene rings is 2. The van der Waals surface area contributed by atoms with E-state index in [0.29, 0.717) is 53.5 Å². The van der Waals surface area contributed by atoms with Crippen LogP contribution in [-0.2, 0) is 26.0 Å². The average molecular weight is 606 g/mol. The molecule has 43 heavy (non-hydrogen) atoms. The number of nitrogen functional groups attached to an aromatic ring is 2. The number of hydrogen-bond donors (Lipinski definition) is 5. The average Bonchev–Trinajstić information content (AvgIpc) is 3.01. The first kappa shape index (κ1) is 31.6. The molecule has 0 unspecified atom stereocenters. The Morgan fingerprint density at radius 3 is 2.49 bits per heavy atom. The maximum absolute atomic E-state index is 13.9. The van der Waals surface area contributed by atoms with Gasteiger partial charge in [0.05, 0.1) is 4.90 Å². The van der Waals surface area contributed by atoms with Gasteiger partial charge in [0.1, 0.15) is 17.7 Å². The van der Waals surface area contributed by atoms with Gasteiger partial charge in [0.2, 0.25) is 21.8 Å². The van der Waals surface area contributed by atoms with Crippen LogP contribution in [0.2, 0.25) is 0 Å². The first-order valence-electron chi connectivity index (χ1n) is 14.3. The van der Waals surface area contributed by atoms with Crippen molar-refractivity contribution in [2.75, 3.05) is 25.9 Å². The van der Waals surface area contributed by atoms with Gasteiger partial charge in [-0.15, -0.1) is 0 Å². The van der Waals surface area contributed by atoms with Crippen LogP contribution in [0.5, 0.6) is 0 Å². The molecule has 4 rings (SSSR count). The number of anilines is 1. The van der Waals surface area contributed by atoms with Crippen molar-refractivity contribution in [2.45, 2.75) is 49.5 Å². The fraction of sp³-hybridized carbons (Fsp3) is 0.355. The van der Waals surface area contributed by atoms with Gasteiger partial charge in [0, 0.05) is 43.9 Å². The summed E-state index contributed by atoms with van der Waals surface area (Å²) < 4.78 is 30.0. The van der Waals surface area contributed by atoms with Crippen LogP contribution in [-0.4, -0.2) is 62.1 Å². The smallest absolute Gasteiger partial charge is 0.241 e. The summed E-state index contributed by atoms with van der Waals surface area (Å²) >= 11 is 0. The number of hydrogen-bond acceptors (Lipinski definition) is 7. The Morgan fingerprint density at radius 2 is 1.81 bits per heavy atom. The molecule has 1 aliphatic heterocycles. The summed E-state index contributed by atoms with van der Waals surface area (Å²) in [5, 5.41) is 10.4. The lowest BCUT2D eigenvalue weighted by atomic mass is 9.91. The van der Waals surface area contributed by atoms with Crippen LogP contribution in [0.1, 0.15) is 43.2 Å². The molecule has 1 fully saturated rings. The molecule has 11 nitrogen and oxygen atoms in total. The molecule has 1 aromatic heterocycles. The lowest BCUT2D eigenvalue weighted by molar-refractivity contribution is -0.134. The number of likely N-dealkylation sites (tertiary alicyclic amines) is 1. The first-order chi connectivity index (χ1) is 20.6. The van der Waals surface area contributed by atoms with Gasteiger partial charge in [-0.05, 0) is 79.5 Å². The van der Waals surface area contributed by atoms with Crippen LogP contribution in [0.3, 0.4) is 0 Å². The standard InChI is InChI=1S/C31H39N7O4S/c1-35-29(39)10-3-5-21-13-15-38(16-14-21)31(40)27(18-22-6-2-8-24(17-22)30(33)34)37-43(41,42)26-9-4-7-23(19-26)25-11-12-28(32)36-20-25/h2,4,6-9,11-12,17,19-21,27,37H,3,5,10,13-16,18H2,1H3,(H2,32,36)(H3,33,34)(H,35,39)/t27-/m0/s1. The van der Waals surface area contributed by atoms with Crippen molar-refractivity contribution < 1.29 is 18.0 Å². The molecule has 3 aromatic rings. The molecule has 2 aromatic carbocycles. The maximum Gasteiger partial charge on any atom is 0.241 e. The summed E-state index contributed by atoms with van der Waals surface area (Å²) in [6.07, 6.45) is 5.42. The second-order valence-electron chi connectivity index (χ2n) is 10.8. The predicted molar refractivity (Wildman–Crippen MR) is 167 cm³/mol. The molecule has 1 aliphatic rings. The molecule has 1 saturated heterocycles. The van der Waals surface area contributed by atoms with Crippen LogP contribution in [0, 0.1) is 11.3 Å². The SMILES string of the molecule is CNC(=O)CCCC1CCN(C(=O)[C@H](Cc2cccc(C(=N)N)c2)NS(=O)(=O)c2cccc(-c3ccc(N)nc3)c2)CC1. The second-order valence-corrected chi connectivity index (χ2v) is 12.5. The molecule has 0 bridgehead atoms. The van der Waals surface area contributed by atoms with Gasteiger partial charge >= 0.3 is 0 Å². The highest BCUT2D eigenvalue weighted by Crippen LogP contribution is 2.25. The minimum absolute atomic E-state index is 0.0203. The van der Waals surface area contributed by atoms with Crippen molar-refractivity contribution in [3.63, 3.8) is 0 Å². The molecule has 1 atom stereocenters. The number of pyridine rings is 1. The number of aromatic nitrogens is 1. The highest BCUT2D eigenvalue weighted by atomic mass is 32.2. The number of amides is 2. The van der Waals surface area contributed by atoms with Crippen molar-refractivity contribution in [3.05, 3.63) is 78.0 Å². The molecular formula is C31H39N7O4S. The molecule has 7 N–H and O–H groups in total. The van der Waals surface area contributed by atoms with Crippen molar-refractivity contribution >= 4 is 33.5 Å². The van der Waals surface area contributed by atoms with E-state index in [1.165, 1.54) is 12.1 Å². The Morgan fingerprint density at radius 1 is 1.07 bits per heavy atom. The molecule has 0 aliphatic carbocycles. The number of carbonyl (C=O) groups is 2. The third-order valence-electron chi connectivity index (χ3n) is 7.76. The van der Waals surface area contributed by atoms with Crippen LogP contribution in [0.15, 0.2) is 71.8 Å². The fourth-order valence-electron chi connectivity index (χ4n) is 5.29. The third-order valence-corrected chi connectivity index (χ3v) is 9.23. The Kier molecular flexibility index (Phi) is 10.5. The second kappa shape index (κ2) is 14.3. The number of nitrogens with two attached hydrogens (primary N) is 2. The maximum atomic E-state index is 13.9. The number of rotatable bonds is 12. The molecule has 2 amide bonds. The van der Waals surface area contributed by atoms with Gasteiger partial charge in [0.15, 0.2) is 0 Å². The largest absolute Gasteiger partial charge is 0.384 e. The number of nitrogens with zero attached hydrogens (tertiary/aromatic N) is 2. The Labute approximate surface area is 252 Å². The minimum Gasteiger partial charge on any atom is -0.384 e. The summed E-state index contributed by atoms with van der Waals surface area (Å²) in [5.41, 5.74) is 13.9. The van der Waals surface area contributed by atoms with Crippen molar-refractivity contribution in [1.29, 1.82) is 5.41 Å². The molecular weight excluding hydrogens is 566 g/mol. The summed E-state index contributed by atoms with van der Waals surface area (Å²) in [5.74, 6) is 0.364. The van der Waals surface area contributed by atoms with Gasteiger partial charge in [-0.25, -0.2) is 13.4 Å². The number of nitrogens with one attached hydrogen (secondary N) is 3. The van der Waals surface area contributed by atoms with Crippen LogP contribution < -0.4 is 21.5 Å². The monoisotopic (exact) mass is 605 g/mol. The highest BCUT2D eigenvalue weighted by molar-refractivity contribution is 7.89. The lowest BCUT2D eigenvalue weighted by Gasteiger charge is -2.34. The van der Waals surface area contributed by atoms with E-state index in [2.05, 4.69) is 15.0 Å². The third kappa shape index (κ3) is 8.62. The fourth-order valence-corrected chi connectivity index (χ4v) is 6.53. The molecule has 228 valence electrons. The number of sulfonamides is 1. The normalized spacial score (nSPS) is 14.7. The predicted octanol–water partition coefficient (Wildman–Crippen LogP) is 2.66. The van der Waals surface area contributed by atoms with E-state index in [9.17, 15) is 18.0 Å². The summed E-state index contributed by atoms with van der Waals surface area (Å²) in [6.45, 7) is 1.02. The summed E-state index contributed by atoms with van der Waals surface area (Å²) in [4.78, 5) is 31.2. The Balaban J connectivity index is 1.53. The van der Waals surface area contributed by atoms with E-state index in [1.54, 1.807) is 66.7 Å². The zero-order chi connectivity index (χ0) is 31.0. The molecule has 0 spiro atoms. The van der Waals surface area contributed by atoms with Gasteiger partial charge in [0.25, 0.3) is 0 Å². The van der Waals surface area contributed by atoms with E-state index in [4.69, 9.17) is 16.9 Å². The zero-order valence-electron chi connectivity index (χ0n) is 24.3. The van der Waals surface area contributed by atoms with Crippen LogP contribution >= 0.6 is 0 Å². The Hall–Kier alpha value is -4.29. The quantitative estimate of drug-likeness (QED) is 0.155. The number of carbonyl (C=O) groups excluding carboxylic acids is 2. The number of piperidine rings is 1. The van der Waals surface area contributed by atoms with E-state index < -0.39 is 16.1 Å². The molecule has 0 saturated carbocycles. The van der Waals surface area contributed by atoms with Gasteiger partial charge < -0.3 is 21.7 Å². The minimum atomic E-state index is -4.11.